The van der Waals surface area contributed by atoms with Crippen LogP contribution in [0.15, 0.2) is 48.7 Å². The summed E-state index contributed by atoms with van der Waals surface area (Å²) in [6, 6.07) is 12.3. The van der Waals surface area contributed by atoms with Crippen molar-refractivity contribution in [3.63, 3.8) is 0 Å². The number of carbonyl (C=O) groups is 1. The second kappa shape index (κ2) is 8.23. The van der Waals surface area contributed by atoms with Gasteiger partial charge in [0.15, 0.2) is 0 Å². The predicted molar refractivity (Wildman–Crippen MR) is 120 cm³/mol. The molecule has 0 radical (unpaired) electrons. The summed E-state index contributed by atoms with van der Waals surface area (Å²) < 4.78 is 6.45. The molecule has 1 aromatic heterocycles. The number of pyridine rings is 1. The molecule has 5 heteroatoms. The van der Waals surface area contributed by atoms with Crippen LogP contribution in [0.1, 0.15) is 62.2 Å². The van der Waals surface area contributed by atoms with Crippen LogP contribution in [0.3, 0.4) is 0 Å². The lowest BCUT2D eigenvalue weighted by molar-refractivity contribution is 0.0643. The number of aromatic nitrogens is 1. The van der Waals surface area contributed by atoms with Crippen molar-refractivity contribution in [2.75, 3.05) is 13.1 Å². The molecular formula is C25H31N3O2. The normalized spacial score (nSPS) is 17.5. The highest BCUT2D eigenvalue weighted by Gasteiger charge is 2.37. The average molecular weight is 406 g/mol. The van der Waals surface area contributed by atoms with Crippen LogP contribution in [0, 0.1) is 0 Å². The first-order valence-corrected chi connectivity index (χ1v) is 10.9. The van der Waals surface area contributed by atoms with Crippen molar-refractivity contribution in [2.24, 2.45) is 0 Å². The van der Waals surface area contributed by atoms with E-state index in [1.807, 2.05) is 62.9 Å². The summed E-state index contributed by atoms with van der Waals surface area (Å²) in [5, 5.41) is 3.42. The van der Waals surface area contributed by atoms with Crippen molar-refractivity contribution in [2.45, 2.75) is 58.2 Å². The van der Waals surface area contributed by atoms with Crippen LogP contribution in [0.4, 0.5) is 0 Å². The third-order valence-electron chi connectivity index (χ3n) is 5.98. The number of amides is 1. The number of benzene rings is 1. The van der Waals surface area contributed by atoms with Crippen LogP contribution >= 0.6 is 0 Å². The first-order valence-electron chi connectivity index (χ1n) is 10.9. The number of hydrogen-bond donors (Lipinski definition) is 1. The summed E-state index contributed by atoms with van der Waals surface area (Å²) in [6.07, 6.45) is 5.82. The number of nitrogens with zero attached hydrogens (tertiary/aromatic N) is 2. The Balaban J connectivity index is 1.69. The smallest absolute Gasteiger partial charge is 0.255 e. The first-order chi connectivity index (χ1) is 14.4. The van der Waals surface area contributed by atoms with E-state index in [-0.39, 0.29) is 23.6 Å². The van der Waals surface area contributed by atoms with Gasteiger partial charge in [-0.1, -0.05) is 18.2 Å². The number of hydrogen-bond acceptors (Lipinski definition) is 4. The topological polar surface area (TPSA) is 54.5 Å². The molecule has 2 aromatic rings. The first kappa shape index (κ1) is 20.6. The summed E-state index contributed by atoms with van der Waals surface area (Å²) >= 11 is 0. The van der Waals surface area contributed by atoms with E-state index in [1.165, 1.54) is 0 Å². The Kier molecular flexibility index (Phi) is 5.65. The van der Waals surface area contributed by atoms with Gasteiger partial charge in [0, 0.05) is 42.3 Å². The Morgan fingerprint density at radius 3 is 2.40 bits per heavy atom. The number of fused-ring (bicyclic) bond motifs is 1. The van der Waals surface area contributed by atoms with Gasteiger partial charge in [0.2, 0.25) is 0 Å². The van der Waals surface area contributed by atoms with E-state index < -0.39 is 0 Å². The molecule has 1 spiro atoms. The van der Waals surface area contributed by atoms with Crippen molar-refractivity contribution in [1.29, 1.82) is 0 Å². The van der Waals surface area contributed by atoms with Crippen LogP contribution in [0.25, 0.3) is 5.57 Å². The lowest BCUT2D eigenvalue weighted by Crippen LogP contribution is -2.46. The van der Waals surface area contributed by atoms with Crippen molar-refractivity contribution < 1.29 is 9.53 Å². The molecule has 1 N–H and O–H groups in total. The molecule has 1 aromatic carbocycles. The lowest BCUT2D eigenvalue weighted by Gasteiger charge is -2.39. The summed E-state index contributed by atoms with van der Waals surface area (Å²) in [5.74, 6) is 0.930. The zero-order valence-electron chi connectivity index (χ0n) is 18.3. The minimum atomic E-state index is -0.294. The van der Waals surface area contributed by atoms with E-state index in [4.69, 9.17) is 9.72 Å². The molecule has 1 fully saturated rings. The maximum Gasteiger partial charge on any atom is 0.255 e. The van der Waals surface area contributed by atoms with Crippen molar-refractivity contribution in [1.82, 2.24) is 15.2 Å². The zero-order chi connectivity index (χ0) is 21.3. The van der Waals surface area contributed by atoms with Gasteiger partial charge >= 0.3 is 0 Å². The molecule has 30 heavy (non-hydrogen) atoms. The average Bonchev–Trinajstić information content (AvgIpc) is 2.73. The summed E-state index contributed by atoms with van der Waals surface area (Å²) in [5.41, 5.74) is 3.35. The maximum atomic E-state index is 13.0. The minimum Gasteiger partial charge on any atom is -0.482 e. The van der Waals surface area contributed by atoms with E-state index in [9.17, 15) is 4.79 Å². The summed E-state index contributed by atoms with van der Waals surface area (Å²) in [7, 11) is 0. The van der Waals surface area contributed by atoms with Gasteiger partial charge in [-0.25, -0.2) is 0 Å². The molecule has 2 aliphatic rings. The van der Waals surface area contributed by atoms with Gasteiger partial charge in [0.05, 0.1) is 11.3 Å². The third kappa shape index (κ3) is 3.86. The van der Waals surface area contributed by atoms with Crippen LogP contribution in [0.2, 0.25) is 0 Å². The minimum absolute atomic E-state index is 0.0234. The van der Waals surface area contributed by atoms with Gasteiger partial charge < -0.3 is 15.0 Å². The monoisotopic (exact) mass is 405 g/mol. The Morgan fingerprint density at radius 2 is 1.77 bits per heavy atom. The van der Waals surface area contributed by atoms with Crippen LogP contribution in [-0.4, -0.2) is 46.6 Å². The number of carbonyl (C=O) groups excluding carboxylic acids is 1. The molecule has 5 nitrogen and oxygen atoms in total. The number of para-hydroxylation sites is 1. The summed E-state index contributed by atoms with van der Waals surface area (Å²) in [6.45, 7) is 10.0. The lowest BCUT2D eigenvalue weighted by atomic mass is 9.84. The van der Waals surface area contributed by atoms with Gasteiger partial charge in [-0.3, -0.25) is 9.78 Å². The fraction of sp³-hybridized carbons (Fsp3) is 0.440. The van der Waals surface area contributed by atoms with E-state index in [0.717, 1.165) is 48.5 Å². The molecular weight excluding hydrogens is 374 g/mol. The highest BCUT2D eigenvalue weighted by Crippen LogP contribution is 2.42. The van der Waals surface area contributed by atoms with Crippen LogP contribution < -0.4 is 10.1 Å². The zero-order valence-corrected chi connectivity index (χ0v) is 18.3. The SMILES string of the molecule is CC(C)N(C(=O)c1ccc(C2=CC3(CCNCC3)Oc3ccccc32)nc1)C(C)C. The highest BCUT2D eigenvalue weighted by atomic mass is 16.5. The molecule has 0 aliphatic carbocycles. The maximum absolute atomic E-state index is 13.0. The van der Waals surface area contributed by atoms with E-state index in [2.05, 4.69) is 17.5 Å². The van der Waals surface area contributed by atoms with Crippen LogP contribution in [-0.2, 0) is 0 Å². The Morgan fingerprint density at radius 1 is 1.07 bits per heavy atom. The second-order valence-electron chi connectivity index (χ2n) is 8.80. The van der Waals surface area contributed by atoms with Crippen molar-refractivity contribution >= 4 is 11.5 Å². The molecule has 0 bridgehead atoms. The molecule has 1 saturated heterocycles. The summed E-state index contributed by atoms with van der Waals surface area (Å²) in [4.78, 5) is 19.6. The Hall–Kier alpha value is -2.66. The Labute approximate surface area is 179 Å². The fourth-order valence-corrected chi connectivity index (χ4v) is 4.57. The quantitative estimate of drug-likeness (QED) is 0.825. The van der Waals surface area contributed by atoms with E-state index in [0.29, 0.717) is 5.56 Å². The fourth-order valence-electron chi connectivity index (χ4n) is 4.57. The van der Waals surface area contributed by atoms with Gasteiger partial charge in [0.1, 0.15) is 11.4 Å². The molecule has 158 valence electrons. The molecule has 1 amide bonds. The second-order valence-corrected chi connectivity index (χ2v) is 8.80. The molecule has 2 aliphatic heterocycles. The number of ether oxygens (including phenoxy) is 1. The molecule has 0 atom stereocenters. The van der Waals surface area contributed by atoms with Gasteiger partial charge in [-0.2, -0.15) is 0 Å². The Bertz CT molecular complexity index is 933. The number of nitrogens with one attached hydrogen (secondary N) is 1. The van der Waals surface area contributed by atoms with Gasteiger partial charge in [-0.05, 0) is 65.1 Å². The number of piperidine rings is 1. The van der Waals surface area contributed by atoms with E-state index in [1.54, 1.807) is 6.20 Å². The predicted octanol–water partition coefficient (Wildman–Crippen LogP) is 4.29. The molecule has 0 unspecified atom stereocenters. The van der Waals surface area contributed by atoms with Crippen LogP contribution in [0.5, 0.6) is 5.75 Å². The number of rotatable bonds is 4. The third-order valence-corrected chi connectivity index (χ3v) is 5.98. The van der Waals surface area contributed by atoms with Gasteiger partial charge in [0.25, 0.3) is 5.91 Å². The molecule has 0 saturated carbocycles. The van der Waals surface area contributed by atoms with Crippen molar-refractivity contribution in [3.05, 3.63) is 65.5 Å². The largest absolute Gasteiger partial charge is 0.482 e. The standard InChI is InChI=1S/C25H31N3O2/c1-17(2)28(18(3)4)24(29)19-9-10-22(27-16-19)21-15-25(11-13-26-14-12-25)30-23-8-6-5-7-20(21)23/h5-10,15-18,26H,11-14H2,1-4H3. The highest BCUT2D eigenvalue weighted by molar-refractivity contribution is 5.94. The molecule has 4 rings (SSSR count). The molecule has 3 heterocycles. The van der Waals surface area contributed by atoms with E-state index >= 15 is 0 Å². The van der Waals surface area contributed by atoms with Crippen molar-refractivity contribution in [3.8, 4) is 5.75 Å². The van der Waals surface area contributed by atoms with Gasteiger partial charge in [-0.15, -0.1) is 0 Å².